The molecule has 0 spiro atoms. The lowest BCUT2D eigenvalue weighted by Gasteiger charge is -2.15. The number of anilines is 2. The summed E-state index contributed by atoms with van der Waals surface area (Å²) in [5.41, 5.74) is 2.55. The Morgan fingerprint density at radius 3 is 2.41 bits per heavy atom. The molecule has 10 heteroatoms. The van der Waals surface area contributed by atoms with Gasteiger partial charge in [0.2, 0.25) is 21.8 Å². The van der Waals surface area contributed by atoms with Crippen LogP contribution in [0.25, 0.3) is 0 Å². The molecule has 0 aliphatic carbocycles. The fraction of sp³-hybridized carbons (Fsp3) is 0.318. The minimum atomic E-state index is -3.75. The molecule has 0 aromatic heterocycles. The van der Waals surface area contributed by atoms with Crippen molar-refractivity contribution in [2.75, 3.05) is 29.9 Å². The summed E-state index contributed by atoms with van der Waals surface area (Å²) in [4.78, 5) is 37.0. The van der Waals surface area contributed by atoms with Crippen molar-refractivity contribution in [2.45, 2.75) is 31.6 Å². The number of carbonyl (C=O) groups is 3. The maximum Gasteiger partial charge on any atom is 0.251 e. The number of nitrogens with zero attached hydrogens (tertiary/aromatic N) is 1. The van der Waals surface area contributed by atoms with Crippen LogP contribution < -0.4 is 20.3 Å². The van der Waals surface area contributed by atoms with Crippen molar-refractivity contribution >= 4 is 39.1 Å². The third-order valence-electron chi connectivity index (χ3n) is 5.09. The Kier molecular flexibility index (Phi) is 7.26. The molecule has 1 aliphatic heterocycles. The van der Waals surface area contributed by atoms with Crippen LogP contribution in [0.3, 0.4) is 0 Å². The van der Waals surface area contributed by atoms with Gasteiger partial charge in [0, 0.05) is 49.9 Å². The maximum absolute atomic E-state index is 12.6. The van der Waals surface area contributed by atoms with Gasteiger partial charge in [-0.2, -0.15) is 0 Å². The van der Waals surface area contributed by atoms with E-state index in [-0.39, 0.29) is 35.7 Å². The Bertz CT molecular complexity index is 1130. The third-order valence-corrected chi connectivity index (χ3v) is 6.55. The molecule has 0 bridgehead atoms. The van der Waals surface area contributed by atoms with Crippen molar-refractivity contribution in [1.82, 2.24) is 10.0 Å². The van der Waals surface area contributed by atoms with Crippen LogP contribution in [-0.2, 0) is 26.0 Å². The number of amides is 3. The lowest BCUT2D eigenvalue weighted by atomic mass is 10.2. The van der Waals surface area contributed by atoms with Crippen molar-refractivity contribution < 1.29 is 22.8 Å². The molecular weight excluding hydrogens is 432 g/mol. The summed E-state index contributed by atoms with van der Waals surface area (Å²) in [5, 5.41) is 5.36. The third kappa shape index (κ3) is 5.51. The highest BCUT2D eigenvalue weighted by atomic mass is 32.2. The van der Waals surface area contributed by atoms with Crippen LogP contribution in [0.4, 0.5) is 11.4 Å². The van der Waals surface area contributed by atoms with Gasteiger partial charge >= 0.3 is 0 Å². The van der Waals surface area contributed by atoms with Crippen LogP contribution in [0.1, 0.15) is 36.2 Å². The van der Waals surface area contributed by atoms with E-state index in [1.165, 1.54) is 13.0 Å². The highest BCUT2D eigenvalue weighted by molar-refractivity contribution is 7.89. The number of fused-ring (bicyclic) bond motifs is 1. The van der Waals surface area contributed by atoms with Crippen molar-refractivity contribution in [3.63, 3.8) is 0 Å². The number of nitrogens with one attached hydrogen (secondary N) is 3. The van der Waals surface area contributed by atoms with Crippen LogP contribution in [0.15, 0.2) is 47.4 Å². The van der Waals surface area contributed by atoms with Crippen molar-refractivity contribution in [3.05, 3.63) is 53.6 Å². The first kappa shape index (κ1) is 23.4. The Morgan fingerprint density at radius 2 is 1.75 bits per heavy atom. The summed E-state index contributed by atoms with van der Waals surface area (Å²) in [5.74, 6) is -0.540. The van der Waals surface area contributed by atoms with Gasteiger partial charge in [0.15, 0.2) is 0 Å². The van der Waals surface area contributed by atoms with Crippen molar-refractivity contribution in [3.8, 4) is 0 Å². The minimum Gasteiger partial charge on any atom is -0.351 e. The second-order valence-corrected chi connectivity index (χ2v) is 9.11. The molecule has 1 heterocycles. The summed E-state index contributed by atoms with van der Waals surface area (Å²) in [6.45, 7) is 3.90. The average molecular weight is 459 g/mol. The fourth-order valence-corrected chi connectivity index (χ4v) is 4.46. The fourth-order valence-electron chi connectivity index (χ4n) is 3.37. The first-order valence-corrected chi connectivity index (χ1v) is 11.8. The van der Waals surface area contributed by atoms with E-state index in [2.05, 4.69) is 15.4 Å². The predicted molar refractivity (Wildman–Crippen MR) is 121 cm³/mol. The number of carbonyl (C=O) groups excluding carboxylic acids is 3. The Labute approximate surface area is 187 Å². The zero-order chi connectivity index (χ0) is 23.3. The van der Waals surface area contributed by atoms with Gasteiger partial charge in [0.1, 0.15) is 0 Å². The highest BCUT2D eigenvalue weighted by Crippen LogP contribution is 2.30. The van der Waals surface area contributed by atoms with Crippen molar-refractivity contribution in [2.24, 2.45) is 0 Å². The van der Waals surface area contributed by atoms with Crippen molar-refractivity contribution in [1.29, 1.82) is 0 Å². The van der Waals surface area contributed by atoms with Gasteiger partial charge in [-0.1, -0.05) is 6.92 Å². The second-order valence-electron chi connectivity index (χ2n) is 7.34. The van der Waals surface area contributed by atoms with Gasteiger partial charge in [-0.05, 0) is 54.4 Å². The molecule has 0 unspecified atom stereocenters. The van der Waals surface area contributed by atoms with E-state index >= 15 is 0 Å². The minimum absolute atomic E-state index is 0.0232. The average Bonchev–Trinajstić information content (AvgIpc) is 3.20. The number of benzene rings is 2. The van der Waals surface area contributed by atoms with Gasteiger partial charge in [-0.25, -0.2) is 13.1 Å². The largest absolute Gasteiger partial charge is 0.351 e. The zero-order valence-electron chi connectivity index (χ0n) is 18.0. The van der Waals surface area contributed by atoms with Gasteiger partial charge in [-0.15, -0.1) is 0 Å². The van der Waals surface area contributed by atoms with Gasteiger partial charge in [-0.3, -0.25) is 14.4 Å². The predicted octanol–water partition coefficient (Wildman–Crippen LogP) is 1.65. The molecular formula is C22H26N4O5S. The lowest BCUT2D eigenvalue weighted by Crippen LogP contribution is -2.34. The molecule has 3 rings (SSSR count). The highest BCUT2D eigenvalue weighted by Gasteiger charge is 2.24. The van der Waals surface area contributed by atoms with Gasteiger partial charge in [0.05, 0.1) is 4.90 Å². The van der Waals surface area contributed by atoms with Crippen LogP contribution in [-0.4, -0.2) is 45.8 Å². The quantitative estimate of drug-likeness (QED) is 0.519. The second kappa shape index (κ2) is 9.92. The molecule has 9 nitrogen and oxygen atoms in total. The number of sulfonamides is 1. The molecule has 32 heavy (non-hydrogen) atoms. The maximum atomic E-state index is 12.6. The van der Waals surface area contributed by atoms with E-state index in [0.29, 0.717) is 30.6 Å². The Hall–Kier alpha value is -3.24. The van der Waals surface area contributed by atoms with E-state index < -0.39 is 10.0 Å². The molecule has 170 valence electrons. The molecule has 0 fully saturated rings. The Morgan fingerprint density at radius 1 is 1.03 bits per heavy atom. The zero-order valence-corrected chi connectivity index (χ0v) is 18.8. The van der Waals surface area contributed by atoms with Crippen LogP contribution in [0.5, 0.6) is 0 Å². The molecule has 3 N–H and O–H groups in total. The molecule has 0 saturated carbocycles. The number of hydrogen-bond donors (Lipinski definition) is 3. The molecule has 0 atom stereocenters. The van der Waals surface area contributed by atoms with E-state index in [4.69, 9.17) is 0 Å². The molecule has 2 aromatic rings. The van der Waals surface area contributed by atoms with Gasteiger partial charge < -0.3 is 15.5 Å². The lowest BCUT2D eigenvalue weighted by molar-refractivity contribution is -0.117. The smallest absolute Gasteiger partial charge is 0.251 e. The first-order chi connectivity index (χ1) is 15.2. The standard InChI is InChI=1S/C22H26N4O5S/c1-3-21(28)25-18-6-4-16(5-7-18)22(29)23-11-12-24-32(30,31)19-8-9-20-17(14-19)10-13-26(20)15(2)27/h4-9,14,24H,3,10-13H2,1-2H3,(H,23,29)(H,25,28). The first-order valence-electron chi connectivity index (χ1n) is 10.3. The molecule has 0 saturated heterocycles. The molecule has 0 radical (unpaired) electrons. The van der Waals surface area contributed by atoms with Crippen LogP contribution in [0, 0.1) is 0 Å². The molecule has 2 aromatic carbocycles. The molecule has 3 amide bonds. The number of rotatable bonds is 8. The van der Waals surface area contributed by atoms with Crippen LogP contribution in [0.2, 0.25) is 0 Å². The number of hydrogen-bond acceptors (Lipinski definition) is 5. The summed E-state index contributed by atoms with van der Waals surface area (Å²) < 4.78 is 27.6. The summed E-state index contributed by atoms with van der Waals surface area (Å²) in [7, 11) is -3.75. The summed E-state index contributed by atoms with van der Waals surface area (Å²) >= 11 is 0. The van der Waals surface area contributed by atoms with E-state index in [0.717, 1.165) is 11.3 Å². The normalized spacial score (nSPS) is 12.9. The van der Waals surface area contributed by atoms with E-state index in [1.807, 2.05) is 0 Å². The SMILES string of the molecule is CCC(=O)Nc1ccc(C(=O)NCCNS(=O)(=O)c2ccc3c(c2)CCN3C(C)=O)cc1. The van der Waals surface area contributed by atoms with Gasteiger partial charge in [0.25, 0.3) is 5.91 Å². The Balaban J connectivity index is 1.51. The van der Waals surface area contributed by atoms with E-state index in [1.54, 1.807) is 48.2 Å². The van der Waals surface area contributed by atoms with E-state index in [9.17, 15) is 22.8 Å². The monoisotopic (exact) mass is 458 g/mol. The summed E-state index contributed by atoms with van der Waals surface area (Å²) in [6, 6.07) is 11.1. The topological polar surface area (TPSA) is 125 Å². The molecule has 1 aliphatic rings. The van der Waals surface area contributed by atoms with Crippen LogP contribution >= 0.6 is 0 Å². The summed E-state index contributed by atoms with van der Waals surface area (Å²) in [6.07, 6.45) is 0.968.